The smallest absolute Gasteiger partial charge is 0.148 e. The fourth-order valence-corrected chi connectivity index (χ4v) is 2.98. The second-order valence-electron chi connectivity index (χ2n) is 3.61. The van der Waals surface area contributed by atoms with E-state index in [0.717, 1.165) is 10.9 Å². The molecule has 2 aromatic rings. The highest BCUT2D eigenvalue weighted by atomic mass is 79.9. The summed E-state index contributed by atoms with van der Waals surface area (Å²) in [5.41, 5.74) is 6.53. The van der Waals surface area contributed by atoms with E-state index in [2.05, 4.69) is 27.3 Å². The molecule has 0 fully saturated rings. The number of halogens is 2. The van der Waals surface area contributed by atoms with Crippen LogP contribution in [0.25, 0.3) is 0 Å². The molecule has 1 aromatic heterocycles. The Morgan fingerprint density at radius 3 is 2.88 bits per heavy atom. The SMILES string of the molecule is Nc1cccc(F)c1NCCc1cc(Br)cs1. The summed E-state index contributed by atoms with van der Waals surface area (Å²) in [4.78, 5) is 1.25. The fourth-order valence-electron chi connectivity index (χ4n) is 1.52. The summed E-state index contributed by atoms with van der Waals surface area (Å²) in [6, 6.07) is 6.76. The van der Waals surface area contributed by atoms with Crippen LogP contribution < -0.4 is 11.1 Å². The summed E-state index contributed by atoms with van der Waals surface area (Å²) in [6.45, 7) is 0.665. The number of para-hydroxylation sites is 1. The van der Waals surface area contributed by atoms with Gasteiger partial charge in [-0.3, -0.25) is 0 Å². The van der Waals surface area contributed by atoms with Gasteiger partial charge < -0.3 is 11.1 Å². The maximum atomic E-state index is 13.4. The fraction of sp³-hybridized carbons (Fsp3) is 0.167. The van der Waals surface area contributed by atoms with Gasteiger partial charge in [0.25, 0.3) is 0 Å². The average molecular weight is 315 g/mol. The molecule has 0 spiro atoms. The lowest BCUT2D eigenvalue weighted by Gasteiger charge is -2.09. The lowest BCUT2D eigenvalue weighted by Crippen LogP contribution is -2.07. The van der Waals surface area contributed by atoms with E-state index in [1.165, 1.54) is 10.9 Å². The minimum atomic E-state index is -0.308. The molecule has 0 amide bonds. The van der Waals surface area contributed by atoms with E-state index in [9.17, 15) is 4.39 Å². The van der Waals surface area contributed by atoms with Crippen molar-refractivity contribution in [2.45, 2.75) is 6.42 Å². The van der Waals surface area contributed by atoms with Crippen LogP contribution in [0.3, 0.4) is 0 Å². The number of hydrogen-bond acceptors (Lipinski definition) is 3. The van der Waals surface area contributed by atoms with Gasteiger partial charge in [-0.2, -0.15) is 0 Å². The number of nitrogens with one attached hydrogen (secondary N) is 1. The number of hydrogen-bond donors (Lipinski definition) is 2. The molecule has 0 atom stereocenters. The van der Waals surface area contributed by atoms with Gasteiger partial charge in [0.1, 0.15) is 5.82 Å². The second kappa shape index (κ2) is 5.51. The van der Waals surface area contributed by atoms with Crippen LogP contribution in [0, 0.1) is 5.82 Å². The summed E-state index contributed by atoms with van der Waals surface area (Å²) < 4.78 is 14.5. The molecule has 5 heteroatoms. The second-order valence-corrected chi connectivity index (χ2v) is 5.52. The van der Waals surface area contributed by atoms with Crippen molar-refractivity contribution in [1.82, 2.24) is 0 Å². The number of anilines is 2. The van der Waals surface area contributed by atoms with Crippen LogP contribution in [0.4, 0.5) is 15.8 Å². The van der Waals surface area contributed by atoms with Crippen LogP contribution in [-0.4, -0.2) is 6.54 Å². The third kappa shape index (κ3) is 3.20. The molecule has 1 heterocycles. The maximum absolute atomic E-state index is 13.4. The van der Waals surface area contributed by atoms with Crippen molar-refractivity contribution in [2.24, 2.45) is 0 Å². The molecule has 0 radical (unpaired) electrons. The Bertz CT molecular complexity index is 493. The minimum absolute atomic E-state index is 0.308. The van der Waals surface area contributed by atoms with Gasteiger partial charge >= 0.3 is 0 Å². The first-order valence-electron chi connectivity index (χ1n) is 5.17. The molecule has 0 aliphatic heterocycles. The van der Waals surface area contributed by atoms with E-state index in [1.54, 1.807) is 23.5 Å². The maximum Gasteiger partial charge on any atom is 0.148 e. The van der Waals surface area contributed by atoms with Crippen molar-refractivity contribution in [3.05, 3.63) is 44.8 Å². The zero-order valence-corrected chi connectivity index (χ0v) is 11.4. The topological polar surface area (TPSA) is 38.0 Å². The van der Waals surface area contributed by atoms with Crippen LogP contribution in [0.5, 0.6) is 0 Å². The van der Waals surface area contributed by atoms with Crippen molar-refractivity contribution in [2.75, 3.05) is 17.6 Å². The first kappa shape index (κ1) is 12.4. The number of benzene rings is 1. The van der Waals surface area contributed by atoms with Crippen molar-refractivity contribution in [3.63, 3.8) is 0 Å². The van der Waals surface area contributed by atoms with E-state index in [0.29, 0.717) is 17.9 Å². The van der Waals surface area contributed by atoms with Crippen LogP contribution in [0.15, 0.2) is 34.1 Å². The third-order valence-electron chi connectivity index (χ3n) is 2.34. The lowest BCUT2D eigenvalue weighted by atomic mass is 10.2. The first-order valence-corrected chi connectivity index (χ1v) is 6.85. The summed E-state index contributed by atoms with van der Waals surface area (Å²) in [7, 11) is 0. The highest BCUT2D eigenvalue weighted by Gasteiger charge is 2.05. The van der Waals surface area contributed by atoms with Gasteiger partial charge in [-0.1, -0.05) is 6.07 Å². The number of nitrogens with two attached hydrogens (primary N) is 1. The van der Waals surface area contributed by atoms with E-state index in [1.807, 2.05) is 5.38 Å². The Kier molecular flexibility index (Phi) is 4.02. The minimum Gasteiger partial charge on any atom is -0.397 e. The Balaban J connectivity index is 1.94. The highest BCUT2D eigenvalue weighted by molar-refractivity contribution is 9.10. The highest BCUT2D eigenvalue weighted by Crippen LogP contribution is 2.23. The Morgan fingerprint density at radius 2 is 2.24 bits per heavy atom. The molecule has 0 bridgehead atoms. The van der Waals surface area contributed by atoms with Gasteiger partial charge in [-0.25, -0.2) is 4.39 Å². The predicted molar refractivity (Wildman–Crippen MR) is 75.0 cm³/mol. The molecule has 0 saturated carbocycles. The van der Waals surface area contributed by atoms with Gasteiger partial charge in [0.05, 0.1) is 11.4 Å². The number of nitrogen functional groups attached to an aromatic ring is 1. The summed E-state index contributed by atoms with van der Waals surface area (Å²) in [6.07, 6.45) is 0.851. The monoisotopic (exact) mass is 314 g/mol. The van der Waals surface area contributed by atoms with Crippen LogP contribution in [0.1, 0.15) is 4.88 Å². The first-order chi connectivity index (χ1) is 8.16. The lowest BCUT2D eigenvalue weighted by molar-refractivity contribution is 0.631. The van der Waals surface area contributed by atoms with Crippen LogP contribution in [-0.2, 0) is 6.42 Å². The molecule has 17 heavy (non-hydrogen) atoms. The van der Waals surface area contributed by atoms with Gasteiger partial charge in [0, 0.05) is 21.3 Å². The molecule has 0 saturated heterocycles. The molecular formula is C12H12BrFN2S. The zero-order chi connectivity index (χ0) is 12.3. The quantitative estimate of drug-likeness (QED) is 0.840. The van der Waals surface area contributed by atoms with Gasteiger partial charge in [-0.05, 0) is 40.5 Å². The van der Waals surface area contributed by atoms with Crippen molar-refractivity contribution < 1.29 is 4.39 Å². The average Bonchev–Trinajstić information content (AvgIpc) is 2.69. The largest absolute Gasteiger partial charge is 0.397 e. The Morgan fingerprint density at radius 1 is 1.41 bits per heavy atom. The molecule has 2 nitrogen and oxygen atoms in total. The summed E-state index contributed by atoms with van der Waals surface area (Å²) in [5.74, 6) is -0.308. The van der Waals surface area contributed by atoms with Gasteiger partial charge in [0.15, 0.2) is 0 Å². The van der Waals surface area contributed by atoms with E-state index >= 15 is 0 Å². The van der Waals surface area contributed by atoms with E-state index in [-0.39, 0.29) is 5.82 Å². The van der Waals surface area contributed by atoms with Crippen molar-refractivity contribution in [1.29, 1.82) is 0 Å². The molecule has 0 unspecified atom stereocenters. The Hall–Kier alpha value is -1.07. The summed E-state index contributed by atoms with van der Waals surface area (Å²) >= 11 is 5.08. The van der Waals surface area contributed by atoms with Crippen LogP contribution >= 0.6 is 27.3 Å². The standard InChI is InChI=1S/C12H12BrFN2S/c13-8-6-9(17-7-8)4-5-16-12-10(14)2-1-3-11(12)15/h1-3,6-7,16H,4-5,15H2. The number of rotatable bonds is 4. The molecule has 2 rings (SSSR count). The van der Waals surface area contributed by atoms with Crippen molar-refractivity contribution >= 4 is 38.6 Å². The normalized spacial score (nSPS) is 10.5. The van der Waals surface area contributed by atoms with Crippen molar-refractivity contribution in [3.8, 4) is 0 Å². The molecule has 0 aliphatic carbocycles. The molecule has 3 N–H and O–H groups in total. The summed E-state index contributed by atoms with van der Waals surface area (Å²) in [5, 5.41) is 5.06. The Labute approximate surface area is 112 Å². The van der Waals surface area contributed by atoms with E-state index < -0.39 is 0 Å². The van der Waals surface area contributed by atoms with Gasteiger partial charge in [-0.15, -0.1) is 11.3 Å². The van der Waals surface area contributed by atoms with Gasteiger partial charge in [0.2, 0.25) is 0 Å². The zero-order valence-electron chi connectivity index (χ0n) is 9.04. The number of thiophene rings is 1. The molecular weight excluding hydrogens is 303 g/mol. The third-order valence-corrected chi connectivity index (χ3v) is 4.10. The molecule has 1 aromatic carbocycles. The van der Waals surface area contributed by atoms with Crippen LogP contribution in [0.2, 0.25) is 0 Å². The molecule has 90 valence electrons. The molecule has 0 aliphatic rings. The van der Waals surface area contributed by atoms with E-state index in [4.69, 9.17) is 5.73 Å². The predicted octanol–water partition coefficient (Wildman–Crippen LogP) is 3.89.